The van der Waals surface area contributed by atoms with Gasteiger partial charge in [-0.2, -0.15) is 4.72 Å². The molecule has 7 nitrogen and oxygen atoms in total. The topological polar surface area (TPSA) is 113 Å². The molecule has 0 saturated carbocycles. The Bertz CT molecular complexity index is 650. The van der Waals surface area contributed by atoms with Gasteiger partial charge >= 0.3 is 5.97 Å². The summed E-state index contributed by atoms with van der Waals surface area (Å²) in [4.78, 5) is 22.2. The molecule has 0 aromatic carbocycles. The van der Waals surface area contributed by atoms with Crippen molar-refractivity contribution < 1.29 is 23.1 Å². The van der Waals surface area contributed by atoms with Crippen LogP contribution in [0.2, 0.25) is 0 Å². The van der Waals surface area contributed by atoms with Crippen LogP contribution < -0.4 is 10.0 Å². The Morgan fingerprint density at radius 2 is 2.25 bits per heavy atom. The lowest BCUT2D eigenvalue weighted by atomic mass is 10.1. The number of carboxylic acid groups (broad SMARTS) is 1. The zero-order valence-electron chi connectivity index (χ0n) is 10.7. The number of nitrogens with one attached hydrogen (secondary N) is 2. The van der Waals surface area contributed by atoms with Crippen molar-refractivity contribution in [2.24, 2.45) is 0 Å². The first-order valence-corrected chi connectivity index (χ1v) is 8.30. The minimum atomic E-state index is -4.04. The van der Waals surface area contributed by atoms with Gasteiger partial charge in [-0.3, -0.25) is 4.79 Å². The predicted octanol–water partition coefficient (Wildman–Crippen LogP) is 0.312. The average Bonchev–Trinajstić information content (AvgIpc) is 2.75. The quantitative estimate of drug-likeness (QED) is 0.739. The van der Waals surface area contributed by atoms with Crippen molar-refractivity contribution in [2.45, 2.75) is 30.7 Å². The standard InChI is InChI=1S/C11H14N2O5S2/c1-6-5-19-8(11(15)16)9(6)20(17,18)13-7-3-2-4-12-10(7)14/h5,7,13H,2-4H2,1H3,(H,12,14)(H,15,16). The van der Waals surface area contributed by atoms with Crippen molar-refractivity contribution in [1.82, 2.24) is 10.0 Å². The molecule has 0 spiro atoms. The van der Waals surface area contributed by atoms with E-state index in [4.69, 9.17) is 5.11 Å². The van der Waals surface area contributed by atoms with Crippen molar-refractivity contribution >= 4 is 33.2 Å². The first kappa shape index (κ1) is 14.9. The molecule has 20 heavy (non-hydrogen) atoms. The number of rotatable bonds is 4. The number of amides is 1. The van der Waals surface area contributed by atoms with Crippen LogP contribution in [0.4, 0.5) is 0 Å². The molecule has 2 heterocycles. The van der Waals surface area contributed by atoms with Gasteiger partial charge in [0.2, 0.25) is 15.9 Å². The lowest BCUT2D eigenvalue weighted by molar-refractivity contribution is -0.124. The average molecular weight is 318 g/mol. The van der Waals surface area contributed by atoms with Gasteiger partial charge in [0.15, 0.2) is 0 Å². The van der Waals surface area contributed by atoms with Crippen LogP contribution in [0.5, 0.6) is 0 Å². The highest BCUT2D eigenvalue weighted by Crippen LogP contribution is 2.27. The fraction of sp³-hybridized carbons (Fsp3) is 0.455. The Morgan fingerprint density at radius 1 is 1.55 bits per heavy atom. The third-order valence-corrected chi connectivity index (χ3v) is 5.84. The molecule has 1 fully saturated rings. The molecule has 9 heteroatoms. The molecule has 1 atom stereocenters. The third kappa shape index (κ3) is 2.84. The number of hydrogen-bond donors (Lipinski definition) is 3. The van der Waals surface area contributed by atoms with E-state index >= 15 is 0 Å². The molecule has 110 valence electrons. The van der Waals surface area contributed by atoms with Crippen LogP contribution >= 0.6 is 11.3 Å². The van der Waals surface area contributed by atoms with Gasteiger partial charge < -0.3 is 10.4 Å². The summed E-state index contributed by atoms with van der Waals surface area (Å²) in [5.41, 5.74) is 0.358. The highest BCUT2D eigenvalue weighted by molar-refractivity contribution is 7.89. The summed E-state index contributed by atoms with van der Waals surface area (Å²) in [5.74, 6) is -1.68. The summed E-state index contributed by atoms with van der Waals surface area (Å²) in [6.45, 7) is 2.05. The molecule has 3 N–H and O–H groups in total. The number of thiophene rings is 1. The lowest BCUT2D eigenvalue weighted by Gasteiger charge is -2.22. The largest absolute Gasteiger partial charge is 0.477 e. The summed E-state index contributed by atoms with van der Waals surface area (Å²) in [6.07, 6.45) is 1.07. The molecule has 1 aliphatic rings. The van der Waals surface area contributed by atoms with Crippen molar-refractivity contribution in [3.63, 3.8) is 0 Å². The van der Waals surface area contributed by atoms with E-state index in [1.807, 2.05) is 0 Å². The van der Waals surface area contributed by atoms with Crippen LogP contribution in [0.25, 0.3) is 0 Å². The summed E-state index contributed by atoms with van der Waals surface area (Å²) in [6, 6.07) is -0.852. The van der Waals surface area contributed by atoms with Crippen LogP contribution in [0.3, 0.4) is 0 Å². The number of aryl methyl sites for hydroxylation is 1. The van der Waals surface area contributed by atoms with E-state index in [1.165, 1.54) is 12.3 Å². The molecule has 1 saturated heterocycles. The first-order chi connectivity index (χ1) is 9.33. The molecule has 1 unspecified atom stereocenters. The zero-order valence-corrected chi connectivity index (χ0v) is 12.3. The van der Waals surface area contributed by atoms with Gasteiger partial charge in [0.05, 0.1) is 0 Å². The SMILES string of the molecule is Cc1csc(C(=O)O)c1S(=O)(=O)NC1CCCNC1=O. The van der Waals surface area contributed by atoms with Crippen LogP contribution in [-0.4, -0.2) is 38.0 Å². The third-order valence-electron chi connectivity index (χ3n) is 2.96. The van der Waals surface area contributed by atoms with Gasteiger partial charge in [-0.25, -0.2) is 13.2 Å². The molecule has 1 aliphatic heterocycles. The van der Waals surface area contributed by atoms with E-state index in [1.54, 1.807) is 0 Å². The number of carboxylic acids is 1. The van der Waals surface area contributed by atoms with Gasteiger partial charge in [-0.05, 0) is 30.7 Å². The van der Waals surface area contributed by atoms with E-state index in [0.717, 1.165) is 11.3 Å². The number of sulfonamides is 1. The minimum Gasteiger partial charge on any atom is -0.477 e. The number of aromatic carboxylic acids is 1. The number of piperidine rings is 1. The lowest BCUT2D eigenvalue weighted by Crippen LogP contribution is -2.50. The molecule has 0 aliphatic carbocycles. The Morgan fingerprint density at radius 3 is 2.85 bits per heavy atom. The van der Waals surface area contributed by atoms with Gasteiger partial charge in [-0.1, -0.05) is 0 Å². The van der Waals surface area contributed by atoms with E-state index in [-0.39, 0.29) is 15.7 Å². The normalized spacial score (nSPS) is 19.6. The second kappa shape index (κ2) is 5.51. The van der Waals surface area contributed by atoms with Crippen molar-refractivity contribution in [2.75, 3.05) is 6.54 Å². The highest BCUT2D eigenvalue weighted by atomic mass is 32.2. The van der Waals surface area contributed by atoms with Crippen molar-refractivity contribution in [1.29, 1.82) is 0 Å². The zero-order chi connectivity index (χ0) is 14.9. The maximum absolute atomic E-state index is 12.3. The van der Waals surface area contributed by atoms with E-state index in [2.05, 4.69) is 10.0 Å². The van der Waals surface area contributed by atoms with Crippen molar-refractivity contribution in [3.8, 4) is 0 Å². The molecular formula is C11H14N2O5S2. The van der Waals surface area contributed by atoms with Crippen LogP contribution in [-0.2, 0) is 14.8 Å². The van der Waals surface area contributed by atoms with Crippen molar-refractivity contribution in [3.05, 3.63) is 15.8 Å². The predicted molar refractivity (Wildman–Crippen MR) is 72.4 cm³/mol. The fourth-order valence-corrected chi connectivity index (χ4v) is 4.91. The Labute approximate surface area is 120 Å². The Kier molecular flexibility index (Phi) is 4.11. The maximum atomic E-state index is 12.3. The molecular weight excluding hydrogens is 304 g/mol. The fourth-order valence-electron chi connectivity index (χ4n) is 2.05. The summed E-state index contributed by atoms with van der Waals surface area (Å²) in [7, 11) is -4.04. The van der Waals surface area contributed by atoms with E-state index < -0.39 is 22.0 Å². The summed E-state index contributed by atoms with van der Waals surface area (Å²) >= 11 is 0.855. The van der Waals surface area contributed by atoms with Gasteiger partial charge in [0, 0.05) is 6.54 Å². The Hall–Kier alpha value is -1.45. The van der Waals surface area contributed by atoms with Gasteiger partial charge in [0.1, 0.15) is 15.8 Å². The second-order valence-corrected chi connectivity index (χ2v) is 7.02. The molecule has 2 rings (SSSR count). The van der Waals surface area contributed by atoms with Crippen LogP contribution in [0.1, 0.15) is 28.1 Å². The molecule has 1 aromatic heterocycles. The highest BCUT2D eigenvalue weighted by Gasteiger charge is 2.32. The van der Waals surface area contributed by atoms with E-state index in [0.29, 0.717) is 24.9 Å². The number of carbonyl (C=O) groups excluding carboxylic acids is 1. The molecule has 0 radical (unpaired) electrons. The molecule has 1 amide bonds. The second-order valence-electron chi connectivity index (χ2n) is 4.49. The van der Waals surface area contributed by atoms with E-state index in [9.17, 15) is 18.0 Å². The minimum absolute atomic E-state index is 0.244. The summed E-state index contributed by atoms with van der Waals surface area (Å²) < 4.78 is 26.9. The molecule has 0 bridgehead atoms. The maximum Gasteiger partial charge on any atom is 0.347 e. The monoisotopic (exact) mass is 318 g/mol. The summed E-state index contributed by atoms with van der Waals surface area (Å²) in [5, 5.41) is 13.1. The molecule has 1 aromatic rings. The van der Waals surface area contributed by atoms with Gasteiger partial charge in [0.25, 0.3) is 0 Å². The Balaban J connectivity index is 2.33. The van der Waals surface area contributed by atoms with Gasteiger partial charge in [-0.15, -0.1) is 11.3 Å². The number of carbonyl (C=O) groups is 2. The first-order valence-electron chi connectivity index (χ1n) is 5.94. The number of hydrogen-bond acceptors (Lipinski definition) is 5. The van der Waals surface area contributed by atoms with Crippen LogP contribution in [0.15, 0.2) is 10.3 Å². The van der Waals surface area contributed by atoms with Crippen LogP contribution in [0, 0.1) is 6.92 Å². The smallest absolute Gasteiger partial charge is 0.347 e.